The van der Waals surface area contributed by atoms with E-state index in [9.17, 15) is 4.79 Å². The van der Waals surface area contributed by atoms with Gasteiger partial charge in [0.2, 0.25) is 5.91 Å². The van der Waals surface area contributed by atoms with E-state index in [2.05, 4.69) is 25.2 Å². The fourth-order valence-corrected chi connectivity index (χ4v) is 3.16. The third-order valence-corrected chi connectivity index (χ3v) is 4.70. The molecule has 2 N–H and O–H groups in total. The number of halogens is 1. The predicted molar refractivity (Wildman–Crippen MR) is 98.7 cm³/mol. The molecule has 2 aromatic heterocycles. The minimum Gasteiger partial charge on any atom is -0.357 e. The van der Waals surface area contributed by atoms with Crippen LogP contribution in [0.1, 0.15) is 19.0 Å². The third-order valence-electron chi connectivity index (χ3n) is 4.39. The van der Waals surface area contributed by atoms with Crippen molar-refractivity contribution in [2.24, 2.45) is 0 Å². The molecule has 0 radical (unpaired) electrons. The highest BCUT2D eigenvalue weighted by molar-refractivity contribution is 6.34. The summed E-state index contributed by atoms with van der Waals surface area (Å²) in [5.74, 6) is 0.847. The molecule has 3 heterocycles. The maximum atomic E-state index is 11.1. The van der Waals surface area contributed by atoms with Crippen molar-refractivity contribution in [1.29, 1.82) is 0 Å². The van der Waals surface area contributed by atoms with Gasteiger partial charge < -0.3 is 15.2 Å². The van der Waals surface area contributed by atoms with E-state index >= 15 is 0 Å². The number of carbonyl (C=O) groups excluding carboxylic acids is 1. The van der Waals surface area contributed by atoms with Crippen LogP contribution >= 0.6 is 11.6 Å². The standard InChI is InChI=1S/C18H18ClN5O/c1-11(25)20-8-13-5-12-6-15(19)14(7-16(12)23-13)17-9-22-18(10-21-17)24-3-2-4-24/h5-7,9-10,23H,2-4,8H2,1H3,(H,20,25). The number of anilines is 1. The number of amides is 1. The highest BCUT2D eigenvalue weighted by Gasteiger charge is 2.16. The van der Waals surface area contributed by atoms with Crippen molar-refractivity contribution in [1.82, 2.24) is 20.3 Å². The van der Waals surface area contributed by atoms with Gasteiger partial charge in [-0.1, -0.05) is 11.6 Å². The maximum Gasteiger partial charge on any atom is 0.217 e. The van der Waals surface area contributed by atoms with Gasteiger partial charge in [-0.05, 0) is 24.6 Å². The Kier molecular flexibility index (Phi) is 4.05. The highest BCUT2D eigenvalue weighted by atomic mass is 35.5. The van der Waals surface area contributed by atoms with Crippen LogP contribution in [0.15, 0.2) is 30.6 Å². The number of hydrogen-bond acceptors (Lipinski definition) is 4. The molecule has 0 bridgehead atoms. The average Bonchev–Trinajstić information content (AvgIpc) is 2.93. The molecule has 0 spiro atoms. The zero-order valence-corrected chi connectivity index (χ0v) is 14.6. The lowest BCUT2D eigenvalue weighted by Crippen LogP contribution is -2.37. The van der Waals surface area contributed by atoms with Crippen molar-refractivity contribution in [3.8, 4) is 11.3 Å². The summed E-state index contributed by atoms with van der Waals surface area (Å²) in [5.41, 5.74) is 3.46. The zero-order valence-electron chi connectivity index (χ0n) is 13.8. The van der Waals surface area contributed by atoms with Crippen molar-refractivity contribution in [2.75, 3.05) is 18.0 Å². The van der Waals surface area contributed by atoms with Gasteiger partial charge in [-0.15, -0.1) is 0 Å². The van der Waals surface area contributed by atoms with E-state index in [4.69, 9.17) is 11.6 Å². The van der Waals surface area contributed by atoms with Crippen molar-refractivity contribution in [3.05, 3.63) is 41.3 Å². The van der Waals surface area contributed by atoms with E-state index in [1.165, 1.54) is 13.3 Å². The van der Waals surface area contributed by atoms with Crippen LogP contribution in [0.25, 0.3) is 22.2 Å². The summed E-state index contributed by atoms with van der Waals surface area (Å²) in [4.78, 5) is 25.6. The molecule has 7 heteroatoms. The van der Waals surface area contributed by atoms with Crippen LogP contribution in [-0.2, 0) is 11.3 Å². The predicted octanol–water partition coefficient (Wildman–Crippen LogP) is 3.12. The molecule has 25 heavy (non-hydrogen) atoms. The average molecular weight is 356 g/mol. The van der Waals surface area contributed by atoms with E-state index in [-0.39, 0.29) is 5.91 Å². The van der Waals surface area contributed by atoms with Crippen molar-refractivity contribution >= 4 is 34.2 Å². The Balaban J connectivity index is 1.64. The lowest BCUT2D eigenvalue weighted by Gasteiger charge is -2.31. The Labute approximate surface area is 150 Å². The molecule has 6 nitrogen and oxygen atoms in total. The molecule has 1 amide bonds. The molecule has 0 saturated carbocycles. The first-order chi connectivity index (χ1) is 12.1. The fraction of sp³-hybridized carbons (Fsp3) is 0.278. The van der Waals surface area contributed by atoms with E-state index < -0.39 is 0 Å². The van der Waals surface area contributed by atoms with E-state index in [1.54, 1.807) is 12.4 Å². The SMILES string of the molecule is CC(=O)NCc1cc2cc(Cl)c(-c3cnc(N4CCC4)cn3)cc2[nH]1. The Morgan fingerprint density at radius 1 is 1.28 bits per heavy atom. The van der Waals surface area contributed by atoms with Crippen LogP contribution in [0, 0.1) is 0 Å². The van der Waals surface area contributed by atoms with Gasteiger partial charge in [-0.25, -0.2) is 4.98 Å². The highest BCUT2D eigenvalue weighted by Crippen LogP contribution is 2.31. The Bertz CT molecular complexity index is 931. The summed E-state index contributed by atoms with van der Waals surface area (Å²) >= 11 is 6.45. The quantitative estimate of drug-likeness (QED) is 0.754. The first kappa shape index (κ1) is 15.9. The summed E-state index contributed by atoms with van der Waals surface area (Å²) in [7, 11) is 0. The van der Waals surface area contributed by atoms with Crippen molar-refractivity contribution < 1.29 is 4.79 Å². The fourth-order valence-electron chi connectivity index (χ4n) is 2.89. The summed E-state index contributed by atoms with van der Waals surface area (Å²) < 4.78 is 0. The summed E-state index contributed by atoms with van der Waals surface area (Å²) in [6.45, 7) is 4.04. The molecule has 1 aromatic carbocycles. The van der Waals surface area contributed by atoms with E-state index in [0.717, 1.165) is 46.8 Å². The Hall–Kier alpha value is -2.60. The molecule has 128 valence electrons. The number of H-pyrrole nitrogens is 1. The number of aromatic nitrogens is 3. The monoisotopic (exact) mass is 355 g/mol. The number of rotatable bonds is 4. The Morgan fingerprint density at radius 3 is 2.76 bits per heavy atom. The zero-order chi connectivity index (χ0) is 17.4. The lowest BCUT2D eigenvalue weighted by atomic mass is 10.1. The van der Waals surface area contributed by atoms with Gasteiger partial charge in [0.15, 0.2) is 0 Å². The van der Waals surface area contributed by atoms with Crippen LogP contribution in [0.3, 0.4) is 0 Å². The van der Waals surface area contributed by atoms with Gasteiger partial charge in [0.1, 0.15) is 5.82 Å². The van der Waals surface area contributed by atoms with Gasteiger partial charge in [-0.2, -0.15) is 0 Å². The summed E-state index contributed by atoms with van der Waals surface area (Å²) in [6, 6.07) is 5.87. The van der Waals surface area contributed by atoms with Gasteiger partial charge in [0.25, 0.3) is 0 Å². The van der Waals surface area contributed by atoms with E-state index in [0.29, 0.717) is 11.6 Å². The first-order valence-electron chi connectivity index (χ1n) is 8.23. The molecule has 0 aliphatic carbocycles. The number of carbonyl (C=O) groups is 1. The minimum atomic E-state index is -0.0602. The van der Waals surface area contributed by atoms with Crippen molar-refractivity contribution in [2.45, 2.75) is 19.9 Å². The van der Waals surface area contributed by atoms with Gasteiger partial charge in [0.05, 0.1) is 29.7 Å². The van der Waals surface area contributed by atoms with Gasteiger partial charge >= 0.3 is 0 Å². The number of benzene rings is 1. The molecule has 0 atom stereocenters. The number of aromatic amines is 1. The van der Waals surface area contributed by atoms with Crippen LogP contribution < -0.4 is 10.2 Å². The van der Waals surface area contributed by atoms with Crippen LogP contribution in [0.2, 0.25) is 5.02 Å². The molecule has 1 aliphatic rings. The van der Waals surface area contributed by atoms with Crippen molar-refractivity contribution in [3.63, 3.8) is 0 Å². The third kappa shape index (κ3) is 3.17. The first-order valence-corrected chi connectivity index (χ1v) is 8.61. The van der Waals surface area contributed by atoms with Crippen LogP contribution in [0.4, 0.5) is 5.82 Å². The molecular weight excluding hydrogens is 338 g/mol. The second-order valence-electron chi connectivity index (χ2n) is 6.22. The number of hydrogen-bond donors (Lipinski definition) is 2. The van der Waals surface area contributed by atoms with Gasteiger partial charge in [-0.3, -0.25) is 9.78 Å². The number of nitrogens with one attached hydrogen (secondary N) is 2. The minimum absolute atomic E-state index is 0.0602. The molecule has 1 aliphatic heterocycles. The summed E-state index contributed by atoms with van der Waals surface area (Å²) in [6.07, 6.45) is 4.77. The second-order valence-corrected chi connectivity index (χ2v) is 6.63. The maximum absolute atomic E-state index is 11.1. The lowest BCUT2D eigenvalue weighted by molar-refractivity contribution is -0.119. The van der Waals surface area contributed by atoms with Crippen LogP contribution in [0.5, 0.6) is 0 Å². The molecule has 3 aromatic rings. The Morgan fingerprint density at radius 2 is 2.12 bits per heavy atom. The second kappa shape index (κ2) is 6.37. The largest absolute Gasteiger partial charge is 0.357 e. The summed E-state index contributed by atoms with van der Waals surface area (Å²) in [5, 5.41) is 4.41. The van der Waals surface area contributed by atoms with Gasteiger partial charge in [0, 0.05) is 42.2 Å². The van der Waals surface area contributed by atoms with Crippen LogP contribution in [-0.4, -0.2) is 33.9 Å². The number of nitrogens with zero attached hydrogens (tertiary/aromatic N) is 3. The molecule has 1 saturated heterocycles. The number of fused-ring (bicyclic) bond motifs is 1. The normalized spacial score (nSPS) is 13.8. The molecular formula is C18H18ClN5O. The molecule has 0 unspecified atom stereocenters. The smallest absolute Gasteiger partial charge is 0.217 e. The molecule has 1 fully saturated rings. The topological polar surface area (TPSA) is 73.9 Å². The molecule has 4 rings (SSSR count). The van der Waals surface area contributed by atoms with E-state index in [1.807, 2.05) is 18.2 Å².